The number of hydrogen-bond donors (Lipinski definition) is 0. The summed E-state index contributed by atoms with van der Waals surface area (Å²) in [5, 5.41) is 1.03. The number of rotatable bonds is 4. The lowest BCUT2D eigenvalue weighted by molar-refractivity contribution is 0.0281. The van der Waals surface area contributed by atoms with E-state index in [2.05, 4.69) is 11.8 Å². The smallest absolute Gasteiger partial charge is 0.336 e. The fourth-order valence-electron chi connectivity index (χ4n) is 3.71. The fourth-order valence-corrected chi connectivity index (χ4v) is 3.71. The number of benzene rings is 1. The quantitative estimate of drug-likeness (QED) is 0.807. The van der Waals surface area contributed by atoms with Crippen molar-refractivity contribution in [3.63, 3.8) is 0 Å². The average Bonchev–Trinajstić information content (AvgIpc) is 3.08. The molecule has 0 spiro atoms. The second-order valence-electron chi connectivity index (χ2n) is 6.68. The van der Waals surface area contributed by atoms with E-state index in [1.807, 2.05) is 12.1 Å². The Balaban J connectivity index is 1.69. The fraction of sp³-hybridized carbons (Fsp3) is 0.526. The van der Waals surface area contributed by atoms with Crippen molar-refractivity contribution in [2.24, 2.45) is 0 Å². The molecule has 0 radical (unpaired) electrons. The standard InChI is InChI=1S/C19H23NO4/c1-2-4-13-9-18(21)24-19-15(13)6-7-17-16(19)11-20(12-23-17)10-14-5-3-8-22-14/h6-7,9,14H,2-5,8,10-12H2,1H3. The summed E-state index contributed by atoms with van der Waals surface area (Å²) in [6.07, 6.45) is 4.40. The largest absolute Gasteiger partial charge is 0.478 e. The Kier molecular flexibility index (Phi) is 4.29. The van der Waals surface area contributed by atoms with Gasteiger partial charge in [-0.05, 0) is 37.0 Å². The first-order chi connectivity index (χ1) is 11.7. The van der Waals surface area contributed by atoms with Crippen LogP contribution in [0, 0.1) is 0 Å². The first-order valence-corrected chi connectivity index (χ1v) is 8.80. The molecule has 2 aliphatic heterocycles. The minimum Gasteiger partial charge on any atom is -0.478 e. The van der Waals surface area contributed by atoms with E-state index in [9.17, 15) is 4.79 Å². The number of hydrogen-bond acceptors (Lipinski definition) is 5. The topological polar surface area (TPSA) is 51.9 Å². The molecule has 0 saturated carbocycles. The van der Waals surface area contributed by atoms with Crippen molar-refractivity contribution in [1.29, 1.82) is 0 Å². The third kappa shape index (κ3) is 2.94. The molecule has 0 amide bonds. The van der Waals surface area contributed by atoms with Crippen LogP contribution in [0.2, 0.25) is 0 Å². The van der Waals surface area contributed by atoms with Gasteiger partial charge in [0.05, 0.1) is 11.7 Å². The Morgan fingerprint density at radius 3 is 3.04 bits per heavy atom. The highest BCUT2D eigenvalue weighted by molar-refractivity contribution is 5.85. The van der Waals surface area contributed by atoms with E-state index in [0.29, 0.717) is 12.3 Å². The number of fused-ring (bicyclic) bond motifs is 3. The average molecular weight is 329 g/mol. The van der Waals surface area contributed by atoms with Crippen LogP contribution in [0.25, 0.3) is 11.0 Å². The third-order valence-corrected chi connectivity index (χ3v) is 4.85. The van der Waals surface area contributed by atoms with Crippen molar-refractivity contribution in [3.8, 4) is 5.75 Å². The van der Waals surface area contributed by atoms with E-state index >= 15 is 0 Å². The highest BCUT2D eigenvalue weighted by Gasteiger charge is 2.25. The van der Waals surface area contributed by atoms with Gasteiger partial charge in [0.15, 0.2) is 0 Å². The van der Waals surface area contributed by atoms with Gasteiger partial charge < -0.3 is 13.9 Å². The lowest BCUT2D eigenvalue weighted by Gasteiger charge is -2.30. The molecule has 1 aromatic carbocycles. The molecule has 0 N–H and O–H groups in total. The van der Waals surface area contributed by atoms with Crippen molar-refractivity contribution < 1.29 is 13.9 Å². The lowest BCUT2D eigenvalue weighted by Crippen LogP contribution is -2.37. The number of ether oxygens (including phenoxy) is 2. The summed E-state index contributed by atoms with van der Waals surface area (Å²) in [5.74, 6) is 0.822. The molecular weight excluding hydrogens is 306 g/mol. The molecule has 2 aromatic rings. The molecule has 1 saturated heterocycles. The Labute approximate surface area is 141 Å². The third-order valence-electron chi connectivity index (χ3n) is 4.85. The lowest BCUT2D eigenvalue weighted by atomic mass is 10.0. The predicted molar refractivity (Wildman–Crippen MR) is 91.4 cm³/mol. The van der Waals surface area contributed by atoms with E-state index in [1.54, 1.807) is 6.07 Å². The van der Waals surface area contributed by atoms with Gasteiger partial charge in [0, 0.05) is 31.1 Å². The summed E-state index contributed by atoms with van der Waals surface area (Å²) in [7, 11) is 0. The Bertz CT molecular complexity index is 792. The highest BCUT2D eigenvalue weighted by atomic mass is 16.5. The molecule has 3 heterocycles. The van der Waals surface area contributed by atoms with Crippen molar-refractivity contribution in [2.45, 2.75) is 45.3 Å². The second kappa shape index (κ2) is 6.57. The van der Waals surface area contributed by atoms with E-state index in [-0.39, 0.29) is 11.7 Å². The van der Waals surface area contributed by atoms with Gasteiger partial charge in [-0.3, -0.25) is 4.90 Å². The SMILES string of the molecule is CCCc1cc(=O)oc2c3c(ccc12)OCN(CC1CCCO1)C3. The zero-order valence-corrected chi connectivity index (χ0v) is 14.0. The maximum absolute atomic E-state index is 12.0. The van der Waals surface area contributed by atoms with Gasteiger partial charge >= 0.3 is 5.63 Å². The molecule has 1 atom stereocenters. The zero-order valence-electron chi connectivity index (χ0n) is 14.0. The first kappa shape index (κ1) is 15.7. The van der Waals surface area contributed by atoms with E-state index in [1.165, 1.54) is 0 Å². The number of nitrogens with zero attached hydrogens (tertiary/aromatic N) is 1. The van der Waals surface area contributed by atoms with Crippen LogP contribution in [0.3, 0.4) is 0 Å². The molecule has 1 aromatic heterocycles. The Hall–Kier alpha value is -1.85. The van der Waals surface area contributed by atoms with Gasteiger partial charge in [0.2, 0.25) is 0 Å². The van der Waals surface area contributed by atoms with Crippen LogP contribution in [0.4, 0.5) is 0 Å². The monoisotopic (exact) mass is 329 g/mol. The van der Waals surface area contributed by atoms with Crippen molar-refractivity contribution in [2.75, 3.05) is 19.9 Å². The molecule has 128 valence electrons. The molecule has 5 nitrogen and oxygen atoms in total. The van der Waals surface area contributed by atoms with Crippen LogP contribution in [0.1, 0.15) is 37.3 Å². The van der Waals surface area contributed by atoms with Gasteiger partial charge in [-0.2, -0.15) is 0 Å². The van der Waals surface area contributed by atoms with Crippen LogP contribution >= 0.6 is 0 Å². The summed E-state index contributed by atoms with van der Waals surface area (Å²) < 4.78 is 17.2. The summed E-state index contributed by atoms with van der Waals surface area (Å²) in [5.41, 5.74) is 2.44. The normalized spacial score (nSPS) is 21.0. The van der Waals surface area contributed by atoms with E-state index in [0.717, 1.165) is 67.6 Å². The van der Waals surface area contributed by atoms with Gasteiger partial charge in [0.25, 0.3) is 0 Å². The van der Waals surface area contributed by atoms with Crippen LogP contribution in [0.5, 0.6) is 5.75 Å². The summed E-state index contributed by atoms with van der Waals surface area (Å²) >= 11 is 0. The summed E-state index contributed by atoms with van der Waals surface area (Å²) in [6, 6.07) is 5.63. The Morgan fingerprint density at radius 1 is 1.33 bits per heavy atom. The predicted octanol–water partition coefficient (Wildman–Crippen LogP) is 3.08. The molecule has 5 heteroatoms. The molecule has 1 fully saturated rings. The van der Waals surface area contributed by atoms with E-state index in [4.69, 9.17) is 13.9 Å². The van der Waals surface area contributed by atoms with Crippen molar-refractivity contribution in [3.05, 3.63) is 39.7 Å². The second-order valence-corrected chi connectivity index (χ2v) is 6.68. The summed E-state index contributed by atoms with van der Waals surface area (Å²) in [6.45, 7) is 5.11. The minimum atomic E-state index is -0.282. The minimum absolute atomic E-state index is 0.282. The molecule has 4 rings (SSSR count). The molecule has 1 unspecified atom stereocenters. The zero-order chi connectivity index (χ0) is 16.5. The van der Waals surface area contributed by atoms with Gasteiger partial charge in [0.1, 0.15) is 18.1 Å². The first-order valence-electron chi connectivity index (χ1n) is 8.80. The van der Waals surface area contributed by atoms with Gasteiger partial charge in [-0.1, -0.05) is 13.3 Å². The van der Waals surface area contributed by atoms with Crippen LogP contribution < -0.4 is 10.4 Å². The van der Waals surface area contributed by atoms with Crippen molar-refractivity contribution in [1.82, 2.24) is 4.90 Å². The number of aryl methyl sites for hydroxylation is 1. The molecule has 24 heavy (non-hydrogen) atoms. The van der Waals surface area contributed by atoms with Crippen LogP contribution in [-0.4, -0.2) is 30.9 Å². The van der Waals surface area contributed by atoms with Crippen LogP contribution in [0.15, 0.2) is 27.4 Å². The van der Waals surface area contributed by atoms with Crippen LogP contribution in [-0.2, 0) is 17.7 Å². The Morgan fingerprint density at radius 2 is 2.25 bits per heavy atom. The van der Waals surface area contributed by atoms with Gasteiger partial charge in [-0.25, -0.2) is 4.79 Å². The highest BCUT2D eigenvalue weighted by Crippen LogP contribution is 2.33. The molecule has 2 aliphatic rings. The molecular formula is C19H23NO4. The maximum Gasteiger partial charge on any atom is 0.336 e. The molecule has 0 aliphatic carbocycles. The maximum atomic E-state index is 12.0. The van der Waals surface area contributed by atoms with Crippen molar-refractivity contribution >= 4 is 11.0 Å². The van der Waals surface area contributed by atoms with Gasteiger partial charge in [-0.15, -0.1) is 0 Å². The van der Waals surface area contributed by atoms with E-state index < -0.39 is 0 Å². The summed E-state index contributed by atoms with van der Waals surface area (Å²) in [4.78, 5) is 14.2. The molecule has 0 bridgehead atoms.